The highest BCUT2D eigenvalue weighted by Crippen LogP contribution is 2.32. The van der Waals surface area contributed by atoms with E-state index < -0.39 is 10.0 Å². The number of piperidine rings is 1. The fourth-order valence-electron chi connectivity index (χ4n) is 3.21. The maximum Gasteiger partial charge on any atom is 0.243 e. The standard InChI is InChI=1S/C14H16ClN3O2S/c15-13-6-12(4-3-10(13)7-16)21(19,20)18-5-1-2-11-8-17-9-14(11)18/h3-4,6,11,14,17H,1-2,5,8-9H2. The molecule has 0 aromatic heterocycles. The quantitative estimate of drug-likeness (QED) is 0.896. The second-order valence-corrected chi connectivity index (χ2v) is 7.79. The maximum atomic E-state index is 12.8. The molecule has 0 bridgehead atoms. The second kappa shape index (κ2) is 5.58. The number of nitriles is 1. The lowest BCUT2D eigenvalue weighted by atomic mass is 9.94. The van der Waals surface area contributed by atoms with Crippen LogP contribution in [0.4, 0.5) is 0 Å². The van der Waals surface area contributed by atoms with Crippen molar-refractivity contribution < 1.29 is 8.42 Å². The normalized spacial score (nSPS) is 26.3. The molecule has 2 unspecified atom stereocenters. The van der Waals surface area contributed by atoms with Gasteiger partial charge >= 0.3 is 0 Å². The summed E-state index contributed by atoms with van der Waals surface area (Å²) in [6.45, 7) is 2.13. The number of sulfonamides is 1. The average molecular weight is 326 g/mol. The highest BCUT2D eigenvalue weighted by atomic mass is 35.5. The topological polar surface area (TPSA) is 73.2 Å². The monoisotopic (exact) mass is 325 g/mol. The van der Waals surface area contributed by atoms with Crippen molar-refractivity contribution in [3.8, 4) is 6.07 Å². The Morgan fingerprint density at radius 2 is 2.19 bits per heavy atom. The van der Waals surface area contributed by atoms with Gasteiger partial charge in [-0.15, -0.1) is 0 Å². The lowest BCUT2D eigenvalue weighted by Gasteiger charge is -2.35. The molecule has 2 aliphatic heterocycles. The highest BCUT2D eigenvalue weighted by molar-refractivity contribution is 7.89. The van der Waals surface area contributed by atoms with Gasteiger partial charge in [0.25, 0.3) is 0 Å². The summed E-state index contributed by atoms with van der Waals surface area (Å²) in [5.41, 5.74) is 0.287. The van der Waals surface area contributed by atoms with Crippen molar-refractivity contribution in [2.45, 2.75) is 23.8 Å². The van der Waals surface area contributed by atoms with Crippen molar-refractivity contribution in [3.63, 3.8) is 0 Å². The minimum Gasteiger partial charge on any atom is -0.315 e. The largest absolute Gasteiger partial charge is 0.315 e. The van der Waals surface area contributed by atoms with Crippen molar-refractivity contribution in [2.75, 3.05) is 19.6 Å². The van der Waals surface area contributed by atoms with Crippen LogP contribution in [0.1, 0.15) is 18.4 Å². The molecule has 1 aromatic rings. The van der Waals surface area contributed by atoms with Crippen LogP contribution in [0.2, 0.25) is 5.02 Å². The molecule has 0 aliphatic carbocycles. The van der Waals surface area contributed by atoms with Crippen molar-refractivity contribution in [1.29, 1.82) is 5.26 Å². The molecule has 0 amide bonds. The van der Waals surface area contributed by atoms with E-state index in [4.69, 9.17) is 16.9 Å². The van der Waals surface area contributed by atoms with E-state index in [0.29, 0.717) is 19.0 Å². The van der Waals surface area contributed by atoms with Gasteiger partial charge in [-0.3, -0.25) is 0 Å². The van der Waals surface area contributed by atoms with Crippen molar-refractivity contribution in [2.24, 2.45) is 5.92 Å². The molecule has 7 heteroatoms. The first-order valence-electron chi connectivity index (χ1n) is 6.96. The molecule has 21 heavy (non-hydrogen) atoms. The summed E-state index contributed by atoms with van der Waals surface area (Å²) in [7, 11) is -3.56. The van der Waals surface area contributed by atoms with E-state index in [9.17, 15) is 8.42 Å². The van der Waals surface area contributed by atoms with Crippen molar-refractivity contribution in [1.82, 2.24) is 9.62 Å². The molecule has 0 radical (unpaired) electrons. The lowest BCUT2D eigenvalue weighted by Crippen LogP contribution is -2.48. The van der Waals surface area contributed by atoms with Crippen LogP contribution < -0.4 is 5.32 Å². The van der Waals surface area contributed by atoms with Gasteiger partial charge in [0.15, 0.2) is 0 Å². The van der Waals surface area contributed by atoms with Gasteiger partial charge < -0.3 is 5.32 Å². The first-order chi connectivity index (χ1) is 10.0. The van der Waals surface area contributed by atoms with E-state index in [2.05, 4.69) is 5.32 Å². The van der Waals surface area contributed by atoms with Crippen LogP contribution in [0.15, 0.2) is 23.1 Å². The highest BCUT2D eigenvalue weighted by Gasteiger charge is 2.41. The first-order valence-corrected chi connectivity index (χ1v) is 8.78. The number of halogens is 1. The molecule has 2 heterocycles. The molecule has 3 rings (SSSR count). The minimum absolute atomic E-state index is 0.0261. The van der Waals surface area contributed by atoms with Crippen LogP contribution in [-0.4, -0.2) is 38.4 Å². The second-order valence-electron chi connectivity index (χ2n) is 5.50. The fourth-order valence-corrected chi connectivity index (χ4v) is 5.24. The predicted molar refractivity (Wildman–Crippen MR) is 79.4 cm³/mol. The van der Waals surface area contributed by atoms with Crippen LogP contribution in [-0.2, 0) is 10.0 Å². The van der Waals surface area contributed by atoms with Crippen LogP contribution in [0.25, 0.3) is 0 Å². The Morgan fingerprint density at radius 3 is 2.90 bits per heavy atom. The van der Waals surface area contributed by atoms with Gasteiger partial charge in [0, 0.05) is 19.1 Å². The number of benzene rings is 1. The molecule has 2 saturated heterocycles. The number of nitrogens with one attached hydrogen (secondary N) is 1. The van der Waals surface area contributed by atoms with E-state index >= 15 is 0 Å². The Morgan fingerprint density at radius 1 is 1.38 bits per heavy atom. The van der Waals surface area contributed by atoms with Gasteiger partial charge in [-0.1, -0.05) is 11.6 Å². The zero-order valence-electron chi connectivity index (χ0n) is 11.4. The summed E-state index contributed by atoms with van der Waals surface area (Å²) in [6, 6.07) is 6.27. The molecule has 0 saturated carbocycles. The van der Waals surface area contributed by atoms with Crippen LogP contribution in [0.5, 0.6) is 0 Å². The first kappa shape index (κ1) is 14.8. The number of hydrogen-bond donors (Lipinski definition) is 1. The summed E-state index contributed by atoms with van der Waals surface area (Å²) in [5, 5.41) is 12.3. The molecule has 2 aliphatic rings. The van der Waals surface area contributed by atoms with E-state index in [-0.39, 0.29) is 21.5 Å². The van der Waals surface area contributed by atoms with Crippen LogP contribution in [0, 0.1) is 17.2 Å². The predicted octanol–water partition coefficient (Wildman–Crippen LogP) is 1.58. The zero-order chi connectivity index (χ0) is 15.0. The summed E-state index contributed by atoms with van der Waals surface area (Å²) in [5.74, 6) is 0.391. The Kier molecular flexibility index (Phi) is 3.93. The molecule has 0 spiro atoms. The summed E-state index contributed by atoms with van der Waals surface area (Å²) in [6.07, 6.45) is 1.95. The third-order valence-corrected chi connectivity index (χ3v) is 6.53. The smallest absolute Gasteiger partial charge is 0.243 e. The van der Waals surface area contributed by atoms with Gasteiger partial charge in [-0.2, -0.15) is 9.57 Å². The Balaban J connectivity index is 1.96. The molecule has 112 valence electrons. The zero-order valence-corrected chi connectivity index (χ0v) is 13.0. The average Bonchev–Trinajstić information content (AvgIpc) is 2.95. The van der Waals surface area contributed by atoms with E-state index in [1.165, 1.54) is 18.2 Å². The van der Waals surface area contributed by atoms with E-state index in [1.54, 1.807) is 4.31 Å². The summed E-state index contributed by atoms with van der Waals surface area (Å²) >= 11 is 5.97. The van der Waals surface area contributed by atoms with E-state index in [1.807, 2.05) is 6.07 Å². The summed E-state index contributed by atoms with van der Waals surface area (Å²) in [4.78, 5) is 0.166. The molecule has 2 atom stereocenters. The summed E-state index contributed by atoms with van der Waals surface area (Å²) < 4.78 is 27.3. The lowest BCUT2D eigenvalue weighted by molar-refractivity contribution is 0.217. The molecular formula is C14H16ClN3O2S. The number of hydrogen-bond acceptors (Lipinski definition) is 4. The third-order valence-electron chi connectivity index (χ3n) is 4.30. The third kappa shape index (κ3) is 2.55. The molecular weight excluding hydrogens is 310 g/mol. The Bertz CT molecular complexity index is 699. The van der Waals surface area contributed by atoms with E-state index in [0.717, 1.165) is 19.4 Å². The Labute approximate surface area is 129 Å². The van der Waals surface area contributed by atoms with Gasteiger partial charge in [0.05, 0.1) is 15.5 Å². The van der Waals surface area contributed by atoms with Gasteiger partial charge in [-0.25, -0.2) is 8.42 Å². The Hall–Kier alpha value is -1.13. The van der Waals surface area contributed by atoms with Gasteiger partial charge in [-0.05, 0) is 43.5 Å². The van der Waals surface area contributed by atoms with Gasteiger partial charge in [0.1, 0.15) is 6.07 Å². The molecule has 1 aromatic carbocycles. The number of rotatable bonds is 2. The number of fused-ring (bicyclic) bond motifs is 1. The van der Waals surface area contributed by atoms with Crippen molar-refractivity contribution in [3.05, 3.63) is 28.8 Å². The minimum atomic E-state index is -3.56. The maximum absolute atomic E-state index is 12.8. The molecule has 5 nitrogen and oxygen atoms in total. The molecule has 2 fully saturated rings. The van der Waals surface area contributed by atoms with Crippen molar-refractivity contribution >= 4 is 21.6 Å². The van der Waals surface area contributed by atoms with Crippen LogP contribution >= 0.6 is 11.6 Å². The van der Waals surface area contributed by atoms with Gasteiger partial charge in [0.2, 0.25) is 10.0 Å². The van der Waals surface area contributed by atoms with Crippen LogP contribution in [0.3, 0.4) is 0 Å². The number of nitrogens with zero attached hydrogens (tertiary/aromatic N) is 2. The fraction of sp³-hybridized carbons (Fsp3) is 0.500. The SMILES string of the molecule is N#Cc1ccc(S(=O)(=O)N2CCCC3CNCC32)cc1Cl. The molecule has 1 N–H and O–H groups in total.